The molecule has 1 aromatic rings. The van der Waals surface area contributed by atoms with Crippen LogP contribution >= 0.6 is 0 Å². The number of carbonyl (C=O) groups is 1. The van der Waals surface area contributed by atoms with Gasteiger partial charge in [0.05, 0.1) is 7.11 Å². The normalized spacial score (nSPS) is 15.6. The molecule has 1 aromatic heterocycles. The number of pyridine rings is 1. The van der Waals surface area contributed by atoms with Gasteiger partial charge in [-0.1, -0.05) is 42.2 Å². The number of methoxy groups -OCH3 is 1. The Bertz CT molecular complexity index is 425. The summed E-state index contributed by atoms with van der Waals surface area (Å²) < 4.78 is 4.73. The predicted octanol–water partition coefficient (Wildman–Crippen LogP) is 5.14. The van der Waals surface area contributed by atoms with Crippen LogP contribution in [-0.4, -0.2) is 41.6 Å². The summed E-state index contributed by atoms with van der Waals surface area (Å²) in [4.78, 5) is 17.6. The largest absolute Gasteiger partial charge is 0.468 e. The van der Waals surface area contributed by atoms with Crippen LogP contribution in [-0.2, 0) is 42.2 Å². The molecule has 0 aliphatic carbocycles. The van der Waals surface area contributed by atoms with Gasteiger partial charge in [-0.15, -0.1) is 0 Å². The summed E-state index contributed by atoms with van der Waals surface area (Å²) in [6.07, 6.45) is 3.89. The van der Waals surface area contributed by atoms with Gasteiger partial charge in [0.15, 0.2) is 0 Å². The van der Waals surface area contributed by atoms with E-state index in [1.54, 1.807) is 0 Å². The molecule has 145 valence electrons. The van der Waals surface area contributed by atoms with Crippen molar-refractivity contribution in [1.82, 2.24) is 9.88 Å². The van der Waals surface area contributed by atoms with Crippen molar-refractivity contribution in [3.8, 4) is 0 Å². The second-order valence-corrected chi connectivity index (χ2v) is 5.92. The van der Waals surface area contributed by atoms with Crippen LogP contribution in [0.15, 0.2) is 24.4 Å². The van der Waals surface area contributed by atoms with E-state index in [-0.39, 0.29) is 67.0 Å². The van der Waals surface area contributed by atoms with Gasteiger partial charge in [-0.05, 0) is 51.3 Å². The molecule has 5 heteroatoms. The number of aromatic nitrogens is 1. The molecule has 1 atom stereocenters. The maximum atomic E-state index is 11.3. The average Bonchev–Trinajstić information content (AvgIpc) is 2.97. The van der Waals surface area contributed by atoms with Gasteiger partial charge in [0.1, 0.15) is 6.04 Å². The number of rotatable bonds is 3. The van der Waals surface area contributed by atoms with Crippen LogP contribution in [0.3, 0.4) is 0 Å². The van der Waals surface area contributed by atoms with Gasteiger partial charge >= 0.3 is 5.97 Å². The summed E-state index contributed by atoms with van der Waals surface area (Å²) in [6, 6.07) is 6.45. The van der Waals surface area contributed by atoms with Gasteiger partial charge in [-0.2, -0.15) is 0 Å². The van der Waals surface area contributed by atoms with E-state index in [4.69, 9.17) is 4.74 Å². The topological polar surface area (TPSA) is 42.4 Å². The van der Waals surface area contributed by atoms with Crippen LogP contribution in [0.4, 0.5) is 0 Å². The van der Waals surface area contributed by atoms with E-state index in [2.05, 4.69) is 37.6 Å². The van der Waals surface area contributed by atoms with Crippen LogP contribution in [0.2, 0.25) is 0 Å². The minimum absolute atomic E-state index is 0. The predicted molar refractivity (Wildman–Crippen MR) is 105 cm³/mol. The van der Waals surface area contributed by atoms with E-state index in [1.165, 1.54) is 7.11 Å². The van der Waals surface area contributed by atoms with Crippen molar-refractivity contribution >= 4 is 5.97 Å². The molecule has 0 bridgehead atoms. The number of hydrogen-bond acceptors (Lipinski definition) is 4. The first-order chi connectivity index (χ1) is 9.97. The molecule has 0 saturated carbocycles. The fourth-order valence-electron chi connectivity index (χ4n) is 2.51. The molecule has 2 rings (SSSR count). The third kappa shape index (κ3) is 11.1. The minimum atomic E-state index is -0.0822. The molecular weight excluding hydrogens is 389 g/mol. The van der Waals surface area contributed by atoms with Crippen molar-refractivity contribution in [2.24, 2.45) is 0 Å². The summed E-state index contributed by atoms with van der Waals surface area (Å²) in [5.41, 5.74) is 1.16. The summed E-state index contributed by atoms with van der Waals surface area (Å²) in [7, 11) is 1.46. The number of nitrogens with zero attached hydrogens (tertiary/aromatic N) is 2. The Morgan fingerprint density at radius 1 is 1.20 bits per heavy atom. The van der Waals surface area contributed by atoms with E-state index in [1.807, 2.05) is 24.4 Å². The molecule has 1 unspecified atom stereocenters. The second kappa shape index (κ2) is 17.1. The maximum Gasteiger partial charge on any atom is 0.323 e. The SMILES string of the molecule is C.C.C.CC(C)c1ccccn1.COC(=O)C1CCCN1C(C)C.[Y]. The van der Waals surface area contributed by atoms with Crippen LogP contribution in [0.1, 0.15) is 74.4 Å². The first-order valence-electron chi connectivity index (χ1n) is 7.71. The van der Waals surface area contributed by atoms with Gasteiger partial charge in [0.25, 0.3) is 0 Å². The third-order valence-corrected chi connectivity index (χ3v) is 3.71. The van der Waals surface area contributed by atoms with Crippen molar-refractivity contribution in [2.45, 2.75) is 80.8 Å². The Kier molecular flexibility index (Phi) is 22.2. The molecule has 0 spiro atoms. The molecule has 4 nitrogen and oxygen atoms in total. The van der Waals surface area contributed by atoms with Gasteiger partial charge in [-0.25, -0.2) is 0 Å². The zero-order valence-electron chi connectivity index (χ0n) is 14.5. The molecule has 1 fully saturated rings. The molecule has 1 aliphatic rings. The van der Waals surface area contributed by atoms with Gasteiger partial charge in [-0.3, -0.25) is 14.7 Å². The fourth-order valence-corrected chi connectivity index (χ4v) is 2.51. The molecule has 0 amide bonds. The van der Waals surface area contributed by atoms with Crippen molar-refractivity contribution in [1.29, 1.82) is 0 Å². The number of likely N-dealkylation sites (tertiary alicyclic amines) is 1. The van der Waals surface area contributed by atoms with E-state index < -0.39 is 0 Å². The number of hydrogen-bond donors (Lipinski definition) is 0. The summed E-state index contributed by atoms with van der Waals surface area (Å²) in [5, 5.41) is 0. The van der Waals surface area contributed by atoms with Crippen molar-refractivity contribution in [3.63, 3.8) is 0 Å². The average molecular weight is 429 g/mol. The van der Waals surface area contributed by atoms with E-state index in [0.29, 0.717) is 12.0 Å². The summed E-state index contributed by atoms with van der Waals surface area (Å²) in [6.45, 7) is 9.53. The fraction of sp³-hybridized carbons (Fsp3) is 0.700. The van der Waals surface area contributed by atoms with E-state index >= 15 is 0 Å². The van der Waals surface area contributed by atoms with E-state index in [9.17, 15) is 4.79 Å². The van der Waals surface area contributed by atoms with Gasteiger partial charge in [0.2, 0.25) is 0 Å². The number of esters is 1. The van der Waals surface area contributed by atoms with Crippen molar-refractivity contribution in [2.75, 3.05) is 13.7 Å². The maximum absolute atomic E-state index is 11.3. The molecule has 25 heavy (non-hydrogen) atoms. The van der Waals surface area contributed by atoms with Crippen molar-refractivity contribution in [3.05, 3.63) is 30.1 Å². The Morgan fingerprint density at radius 2 is 1.80 bits per heavy atom. The van der Waals surface area contributed by atoms with Crippen LogP contribution in [0, 0.1) is 0 Å². The third-order valence-electron chi connectivity index (χ3n) is 3.71. The van der Waals surface area contributed by atoms with Crippen molar-refractivity contribution < 1.29 is 42.2 Å². The molecule has 0 N–H and O–H groups in total. The molecule has 1 radical (unpaired) electrons. The Labute approximate surface area is 182 Å². The number of carbonyl (C=O) groups excluding carboxylic acids is 1. The Balaban J connectivity index is -0.000000156. The van der Waals surface area contributed by atoms with Crippen LogP contribution in [0.25, 0.3) is 0 Å². The molecular formula is C20H40N2O2Y. The summed E-state index contributed by atoms with van der Waals surface area (Å²) >= 11 is 0. The number of ether oxygens (including phenoxy) is 1. The zero-order chi connectivity index (χ0) is 15.8. The minimum Gasteiger partial charge on any atom is -0.468 e. The second-order valence-electron chi connectivity index (χ2n) is 5.92. The first-order valence-corrected chi connectivity index (χ1v) is 7.71. The molecule has 1 aliphatic heterocycles. The first kappa shape index (κ1) is 32.4. The molecule has 1 saturated heterocycles. The van der Waals surface area contributed by atoms with E-state index in [0.717, 1.165) is 25.1 Å². The molecule has 2 heterocycles. The molecule has 0 aromatic carbocycles. The zero-order valence-corrected chi connectivity index (χ0v) is 17.3. The smallest absolute Gasteiger partial charge is 0.323 e. The van der Waals surface area contributed by atoms with Gasteiger partial charge in [0, 0.05) is 50.6 Å². The van der Waals surface area contributed by atoms with Crippen LogP contribution in [0.5, 0.6) is 0 Å². The Morgan fingerprint density at radius 3 is 2.16 bits per heavy atom. The Hall–Kier alpha value is -0.316. The summed E-state index contributed by atoms with van der Waals surface area (Å²) in [5.74, 6) is 0.465. The quantitative estimate of drug-likeness (QED) is 0.624. The van der Waals surface area contributed by atoms with Crippen LogP contribution < -0.4 is 0 Å². The monoisotopic (exact) mass is 429 g/mol. The van der Waals surface area contributed by atoms with Gasteiger partial charge < -0.3 is 4.74 Å². The standard InChI is InChI=1S/C9H17NO2.C8H11N.3CH4.Y/c1-7(2)10-6-4-5-8(10)9(11)12-3;1-7(2)8-5-3-4-6-9-8;;;;/h7-8H,4-6H2,1-3H3;3-7H,1-2H3;3*1H4;.